The average Bonchev–Trinajstić information content (AvgIpc) is 3.36. The highest BCUT2D eigenvalue weighted by molar-refractivity contribution is 5.80. The SMILES string of the molecule is CCCCCCCCCC/C=C/CC/C=C/CCCC(O)C(O)C(COC1OC(CO)C(O)C(O)C1O)NC(=O)C(O)CCCCCCCCCCCC/C=C\CCCCCCCCCCCCCC. The molecule has 70 heavy (non-hydrogen) atoms. The molecule has 9 atom stereocenters. The lowest BCUT2D eigenvalue weighted by Gasteiger charge is -2.40. The Morgan fingerprint density at radius 2 is 0.857 bits per heavy atom. The molecule has 11 nitrogen and oxygen atoms in total. The first-order valence-electron chi connectivity index (χ1n) is 29.4. The summed E-state index contributed by atoms with van der Waals surface area (Å²) in [4.78, 5) is 13.2. The van der Waals surface area contributed by atoms with E-state index in [1.165, 1.54) is 180 Å². The zero-order valence-corrected chi connectivity index (χ0v) is 45.0. The second kappa shape index (κ2) is 48.3. The number of hydrogen-bond acceptors (Lipinski definition) is 10. The molecule has 0 aromatic carbocycles. The van der Waals surface area contributed by atoms with Crippen LogP contribution in [0.4, 0.5) is 0 Å². The Morgan fingerprint density at radius 3 is 1.27 bits per heavy atom. The second-order valence-corrected chi connectivity index (χ2v) is 20.7. The Hall–Kier alpha value is -1.67. The Bertz CT molecular complexity index is 1230. The number of carbonyl (C=O) groups is 1. The summed E-state index contributed by atoms with van der Waals surface area (Å²) < 4.78 is 11.1. The van der Waals surface area contributed by atoms with Gasteiger partial charge in [0.1, 0.15) is 36.6 Å². The van der Waals surface area contributed by atoms with Gasteiger partial charge in [-0.1, -0.05) is 224 Å². The third-order valence-electron chi connectivity index (χ3n) is 14.1. The summed E-state index contributed by atoms with van der Waals surface area (Å²) in [5.41, 5.74) is 0. The van der Waals surface area contributed by atoms with E-state index in [1.54, 1.807) is 0 Å². The van der Waals surface area contributed by atoms with E-state index in [4.69, 9.17) is 9.47 Å². The van der Waals surface area contributed by atoms with Crippen LogP contribution in [0.15, 0.2) is 36.5 Å². The van der Waals surface area contributed by atoms with E-state index in [9.17, 15) is 40.5 Å². The lowest BCUT2D eigenvalue weighted by molar-refractivity contribution is -0.303. The molecule has 8 N–H and O–H groups in total. The Labute approximate surface area is 428 Å². The number of hydrogen-bond donors (Lipinski definition) is 8. The highest BCUT2D eigenvalue weighted by atomic mass is 16.7. The number of amides is 1. The topological polar surface area (TPSA) is 189 Å². The molecule has 0 bridgehead atoms. The van der Waals surface area contributed by atoms with Gasteiger partial charge in [0.15, 0.2) is 6.29 Å². The van der Waals surface area contributed by atoms with Crippen LogP contribution in [-0.2, 0) is 14.3 Å². The number of allylic oxidation sites excluding steroid dienone is 6. The fourth-order valence-electron chi connectivity index (χ4n) is 9.34. The third kappa shape index (κ3) is 36.3. The van der Waals surface area contributed by atoms with Crippen LogP contribution < -0.4 is 5.32 Å². The minimum atomic E-state index is -1.67. The van der Waals surface area contributed by atoms with E-state index in [1.807, 2.05) is 0 Å². The van der Waals surface area contributed by atoms with Crippen LogP contribution in [0.3, 0.4) is 0 Å². The van der Waals surface area contributed by atoms with Crippen molar-refractivity contribution in [2.24, 2.45) is 0 Å². The van der Waals surface area contributed by atoms with Crippen LogP contribution in [0, 0.1) is 0 Å². The average molecular weight is 995 g/mol. The first-order valence-corrected chi connectivity index (χ1v) is 29.4. The maximum Gasteiger partial charge on any atom is 0.249 e. The highest BCUT2D eigenvalue weighted by Crippen LogP contribution is 2.23. The summed E-state index contributed by atoms with van der Waals surface area (Å²) in [5, 5.41) is 76.1. The largest absolute Gasteiger partial charge is 0.394 e. The number of carbonyl (C=O) groups excluding carboxylic acids is 1. The molecule has 1 fully saturated rings. The number of aliphatic hydroxyl groups is 7. The van der Waals surface area contributed by atoms with Gasteiger partial charge in [-0.3, -0.25) is 4.79 Å². The number of unbranched alkanes of at least 4 members (excludes halogenated alkanes) is 32. The molecule has 1 aliphatic rings. The first-order chi connectivity index (χ1) is 34.2. The summed E-state index contributed by atoms with van der Waals surface area (Å²) in [5.74, 6) is -0.710. The van der Waals surface area contributed by atoms with E-state index >= 15 is 0 Å². The number of rotatable bonds is 50. The smallest absolute Gasteiger partial charge is 0.249 e. The molecule has 1 aliphatic heterocycles. The normalized spacial score (nSPS) is 20.5. The predicted molar refractivity (Wildman–Crippen MR) is 289 cm³/mol. The molecule has 1 saturated heterocycles. The van der Waals surface area contributed by atoms with Crippen LogP contribution in [0.2, 0.25) is 0 Å². The van der Waals surface area contributed by atoms with Crippen molar-refractivity contribution in [3.63, 3.8) is 0 Å². The molecule has 1 rings (SSSR count). The first kappa shape index (κ1) is 66.3. The molecule has 0 aromatic heterocycles. The van der Waals surface area contributed by atoms with Gasteiger partial charge < -0.3 is 50.5 Å². The minimum absolute atomic E-state index is 0.246. The van der Waals surface area contributed by atoms with Crippen LogP contribution in [-0.4, -0.2) is 110 Å². The van der Waals surface area contributed by atoms with Crippen molar-refractivity contribution in [3.8, 4) is 0 Å². The molecule has 0 aromatic rings. The fraction of sp³-hybridized carbons (Fsp3) is 0.881. The van der Waals surface area contributed by atoms with Crippen LogP contribution in [0.1, 0.15) is 264 Å². The maximum atomic E-state index is 13.2. The Balaban J connectivity index is 2.31. The molecule has 1 heterocycles. The summed E-state index contributed by atoms with van der Waals surface area (Å²) in [6.45, 7) is 3.45. The fourth-order valence-corrected chi connectivity index (χ4v) is 9.34. The van der Waals surface area contributed by atoms with Crippen LogP contribution in [0.25, 0.3) is 0 Å². The maximum absolute atomic E-state index is 13.2. The molecule has 0 saturated carbocycles. The van der Waals surface area contributed by atoms with Crippen molar-refractivity contribution in [2.45, 2.75) is 319 Å². The Kier molecular flexibility index (Phi) is 45.8. The Morgan fingerprint density at radius 1 is 0.486 bits per heavy atom. The van der Waals surface area contributed by atoms with E-state index in [-0.39, 0.29) is 12.8 Å². The highest BCUT2D eigenvalue weighted by Gasteiger charge is 2.44. The van der Waals surface area contributed by atoms with Gasteiger partial charge in [-0.15, -0.1) is 0 Å². The van der Waals surface area contributed by atoms with Crippen molar-refractivity contribution in [2.75, 3.05) is 13.2 Å². The molecule has 9 unspecified atom stereocenters. The van der Waals surface area contributed by atoms with Crippen molar-refractivity contribution in [1.82, 2.24) is 5.32 Å². The molecule has 1 amide bonds. The zero-order valence-electron chi connectivity index (χ0n) is 45.0. The van der Waals surface area contributed by atoms with Crippen molar-refractivity contribution >= 4 is 5.91 Å². The van der Waals surface area contributed by atoms with E-state index in [2.05, 4.69) is 55.6 Å². The van der Waals surface area contributed by atoms with Gasteiger partial charge in [0, 0.05) is 0 Å². The number of ether oxygens (including phenoxy) is 2. The van der Waals surface area contributed by atoms with Crippen molar-refractivity contribution in [3.05, 3.63) is 36.5 Å². The van der Waals surface area contributed by atoms with E-state index in [0.717, 1.165) is 38.5 Å². The molecule has 0 spiro atoms. The quantitative estimate of drug-likeness (QED) is 0.0215. The number of nitrogens with one attached hydrogen (secondary N) is 1. The lowest BCUT2D eigenvalue weighted by atomic mass is 9.98. The summed E-state index contributed by atoms with van der Waals surface area (Å²) in [7, 11) is 0. The third-order valence-corrected chi connectivity index (χ3v) is 14.1. The molecular formula is C59H111NO10. The van der Waals surface area contributed by atoms with Crippen molar-refractivity contribution < 1.29 is 50.0 Å². The van der Waals surface area contributed by atoms with Gasteiger partial charge in [0.2, 0.25) is 5.91 Å². The predicted octanol–water partition coefficient (Wildman–Crippen LogP) is 12.3. The van der Waals surface area contributed by atoms with Gasteiger partial charge in [-0.25, -0.2) is 0 Å². The molecular weight excluding hydrogens is 883 g/mol. The van der Waals surface area contributed by atoms with Gasteiger partial charge in [0.25, 0.3) is 0 Å². The van der Waals surface area contributed by atoms with E-state index in [0.29, 0.717) is 19.3 Å². The zero-order chi connectivity index (χ0) is 51.1. The molecule has 412 valence electrons. The van der Waals surface area contributed by atoms with Gasteiger partial charge in [-0.2, -0.15) is 0 Å². The van der Waals surface area contributed by atoms with Crippen molar-refractivity contribution in [1.29, 1.82) is 0 Å². The monoisotopic (exact) mass is 994 g/mol. The summed E-state index contributed by atoms with van der Waals surface area (Å²) in [6.07, 6.45) is 47.8. The van der Waals surface area contributed by atoms with Crippen LogP contribution in [0.5, 0.6) is 0 Å². The standard InChI is InChI=1S/C59H111NO10/c1-3-5-7-9-11-13-15-17-19-21-22-23-24-25-26-27-28-29-31-33-35-37-39-41-43-45-47-52(63)58(68)60-50(49-69-59-57(67)56(66)55(65)53(48-61)70-59)54(64)51(62)46-44-42-40-38-36-34-32-30-20-18-16-14-12-10-8-6-4-2/h25-26,30,32,38,40,50-57,59,61-67H,3-24,27-29,31,33-37,39,41-49H2,1-2H3,(H,60,68)/b26-25-,32-30+,40-38+. The summed E-state index contributed by atoms with van der Waals surface area (Å²) >= 11 is 0. The summed E-state index contributed by atoms with van der Waals surface area (Å²) in [6, 6.07) is -1.19. The lowest BCUT2D eigenvalue weighted by Crippen LogP contribution is -2.60. The molecule has 11 heteroatoms. The van der Waals surface area contributed by atoms with E-state index < -0.39 is 74.2 Å². The van der Waals surface area contributed by atoms with Gasteiger partial charge >= 0.3 is 0 Å². The minimum Gasteiger partial charge on any atom is -0.394 e. The molecule has 0 radical (unpaired) electrons. The van der Waals surface area contributed by atoms with Gasteiger partial charge in [-0.05, 0) is 77.0 Å². The second-order valence-electron chi connectivity index (χ2n) is 20.7. The van der Waals surface area contributed by atoms with Crippen LogP contribution >= 0.6 is 0 Å². The van der Waals surface area contributed by atoms with Gasteiger partial charge in [0.05, 0.1) is 25.4 Å². The number of aliphatic hydroxyl groups excluding tert-OH is 7. The molecule has 0 aliphatic carbocycles.